The van der Waals surface area contributed by atoms with Crippen molar-refractivity contribution in [3.05, 3.63) is 71.6 Å². The van der Waals surface area contributed by atoms with E-state index in [2.05, 4.69) is 30.1 Å². The van der Waals surface area contributed by atoms with Gasteiger partial charge in [0, 0.05) is 30.1 Å². The van der Waals surface area contributed by atoms with Crippen molar-refractivity contribution in [3.8, 4) is 0 Å². The number of hydrogen-bond acceptors (Lipinski definition) is 7. The van der Waals surface area contributed by atoms with Crippen molar-refractivity contribution >= 4 is 12.0 Å². The van der Waals surface area contributed by atoms with E-state index in [0.717, 1.165) is 22.6 Å². The first-order valence-corrected chi connectivity index (χ1v) is 7.62. The Balaban J connectivity index is 1.87. The van der Waals surface area contributed by atoms with Crippen LogP contribution in [0.3, 0.4) is 0 Å². The number of fused-ring (bicyclic) bond motifs is 1. The Morgan fingerprint density at radius 1 is 1.16 bits per heavy atom. The Morgan fingerprint density at radius 2 is 1.84 bits per heavy atom. The molecule has 3 heterocycles. The van der Waals surface area contributed by atoms with Crippen LogP contribution in [-0.4, -0.2) is 43.2 Å². The molecule has 8 nitrogen and oxygen atoms in total. The highest BCUT2D eigenvalue weighted by Crippen LogP contribution is 2.39. The van der Waals surface area contributed by atoms with E-state index in [1.165, 1.54) is 19.8 Å². The number of esters is 1. The molecule has 0 radical (unpaired) electrons. The molecule has 0 unspecified atom stereocenters. The number of rotatable bonds is 3. The van der Waals surface area contributed by atoms with Gasteiger partial charge in [0.15, 0.2) is 5.69 Å². The molecule has 25 heavy (non-hydrogen) atoms. The van der Waals surface area contributed by atoms with Crippen molar-refractivity contribution in [1.29, 1.82) is 0 Å². The summed E-state index contributed by atoms with van der Waals surface area (Å²) in [6.45, 7) is 0. The first kappa shape index (κ1) is 15.1. The average molecular weight is 334 g/mol. The Labute approximate surface area is 143 Å². The fourth-order valence-electron chi connectivity index (χ4n) is 3.11. The third kappa shape index (κ3) is 2.38. The summed E-state index contributed by atoms with van der Waals surface area (Å²) in [5, 5.41) is 7.05. The summed E-state index contributed by atoms with van der Waals surface area (Å²) in [5.41, 5.74) is 2.83. The first-order valence-electron chi connectivity index (χ1n) is 7.62. The molecule has 124 valence electrons. The maximum Gasteiger partial charge on any atom is 0.359 e. The summed E-state index contributed by atoms with van der Waals surface area (Å²) in [6, 6.07) is 3.71. The molecule has 0 saturated heterocycles. The average Bonchev–Trinajstić information content (AvgIpc) is 3.11. The highest BCUT2D eigenvalue weighted by Gasteiger charge is 2.39. The van der Waals surface area contributed by atoms with E-state index >= 15 is 0 Å². The smallest absolute Gasteiger partial charge is 0.359 e. The fourth-order valence-corrected chi connectivity index (χ4v) is 3.11. The Kier molecular flexibility index (Phi) is 3.57. The molecule has 0 spiro atoms. The molecule has 0 saturated carbocycles. The molecule has 3 aromatic rings. The van der Waals surface area contributed by atoms with Gasteiger partial charge in [-0.25, -0.2) is 24.7 Å². The lowest BCUT2D eigenvalue weighted by atomic mass is 9.73. The van der Waals surface area contributed by atoms with Crippen molar-refractivity contribution in [2.75, 3.05) is 7.11 Å². The minimum atomic E-state index is -0.598. The van der Waals surface area contributed by atoms with Crippen molar-refractivity contribution in [2.24, 2.45) is 0 Å². The van der Waals surface area contributed by atoms with E-state index in [1.54, 1.807) is 12.4 Å². The number of carbonyl (C=O) groups is 1. The fraction of sp³-hybridized carbons (Fsp3) is 0.176. The van der Waals surface area contributed by atoms with Gasteiger partial charge in [-0.3, -0.25) is 5.10 Å². The van der Waals surface area contributed by atoms with Crippen LogP contribution in [0.5, 0.6) is 0 Å². The zero-order chi connectivity index (χ0) is 17.3. The van der Waals surface area contributed by atoms with Gasteiger partial charge >= 0.3 is 5.97 Å². The second-order valence-electron chi connectivity index (χ2n) is 5.63. The summed E-state index contributed by atoms with van der Waals surface area (Å²) in [4.78, 5) is 28.7. The van der Waals surface area contributed by atoms with Crippen LogP contribution in [0.4, 0.5) is 0 Å². The highest BCUT2D eigenvalue weighted by molar-refractivity contribution is 5.92. The van der Waals surface area contributed by atoms with Gasteiger partial charge in [0.05, 0.1) is 23.9 Å². The van der Waals surface area contributed by atoms with Crippen LogP contribution < -0.4 is 0 Å². The summed E-state index contributed by atoms with van der Waals surface area (Å²) in [6.07, 6.45) is 10.8. The molecule has 0 atom stereocenters. The van der Waals surface area contributed by atoms with E-state index < -0.39 is 11.4 Å². The first-order chi connectivity index (χ1) is 12.2. The van der Waals surface area contributed by atoms with Crippen LogP contribution in [0, 0.1) is 0 Å². The van der Waals surface area contributed by atoms with E-state index in [0.29, 0.717) is 6.42 Å². The minimum Gasteiger partial charge on any atom is -0.464 e. The maximum atomic E-state index is 11.9. The number of nitrogens with zero attached hydrogens (tertiary/aromatic N) is 5. The molecule has 8 heteroatoms. The van der Waals surface area contributed by atoms with Crippen molar-refractivity contribution < 1.29 is 9.53 Å². The summed E-state index contributed by atoms with van der Waals surface area (Å²) < 4.78 is 4.79. The third-order valence-corrected chi connectivity index (χ3v) is 4.33. The molecule has 1 N–H and O–H groups in total. The monoisotopic (exact) mass is 334 g/mol. The van der Waals surface area contributed by atoms with E-state index in [4.69, 9.17) is 4.74 Å². The van der Waals surface area contributed by atoms with E-state index in [9.17, 15) is 4.79 Å². The van der Waals surface area contributed by atoms with Gasteiger partial charge in [0.2, 0.25) is 0 Å². The number of ether oxygens (including phenoxy) is 1. The van der Waals surface area contributed by atoms with Crippen LogP contribution in [0.2, 0.25) is 0 Å². The molecule has 0 aliphatic heterocycles. The quantitative estimate of drug-likeness (QED) is 0.720. The SMILES string of the molecule is COC(=O)c1n[nH]c2c1C=CC(c1ccncn1)(c1ccncn1)C2. The number of aromatic amines is 1. The molecular formula is C17H14N6O2. The topological polar surface area (TPSA) is 107 Å². The van der Waals surface area contributed by atoms with Gasteiger partial charge in [-0.2, -0.15) is 5.10 Å². The normalized spacial score (nSPS) is 14.8. The predicted molar refractivity (Wildman–Crippen MR) is 87.5 cm³/mol. The molecule has 1 aliphatic carbocycles. The standard InChI is InChI=1S/C17H14N6O2/c1-25-16(24)15-11-2-5-17(8-12(11)22-23-15,13-3-6-18-9-20-13)14-4-7-19-10-21-14/h2-7,9-10H,8H2,1H3,(H,22,23). The lowest BCUT2D eigenvalue weighted by Gasteiger charge is -2.31. The summed E-state index contributed by atoms with van der Waals surface area (Å²) >= 11 is 0. The van der Waals surface area contributed by atoms with E-state index in [-0.39, 0.29) is 5.69 Å². The van der Waals surface area contributed by atoms with Crippen LogP contribution in [0.1, 0.15) is 33.1 Å². The van der Waals surface area contributed by atoms with Crippen LogP contribution in [-0.2, 0) is 16.6 Å². The van der Waals surface area contributed by atoms with Crippen LogP contribution >= 0.6 is 0 Å². The van der Waals surface area contributed by atoms with Gasteiger partial charge < -0.3 is 4.74 Å². The van der Waals surface area contributed by atoms with Gasteiger partial charge in [0.25, 0.3) is 0 Å². The van der Waals surface area contributed by atoms with Crippen LogP contribution in [0.15, 0.2) is 43.3 Å². The molecule has 0 bridgehead atoms. The number of aromatic nitrogens is 6. The maximum absolute atomic E-state index is 11.9. The molecule has 4 rings (SSSR count). The van der Waals surface area contributed by atoms with Gasteiger partial charge in [-0.1, -0.05) is 12.2 Å². The van der Waals surface area contributed by atoms with Gasteiger partial charge in [-0.15, -0.1) is 0 Å². The van der Waals surface area contributed by atoms with Crippen molar-refractivity contribution in [2.45, 2.75) is 11.8 Å². The second-order valence-corrected chi connectivity index (χ2v) is 5.63. The molecular weight excluding hydrogens is 320 g/mol. The Morgan fingerprint density at radius 3 is 2.40 bits per heavy atom. The highest BCUT2D eigenvalue weighted by atomic mass is 16.5. The number of hydrogen-bond donors (Lipinski definition) is 1. The number of methoxy groups -OCH3 is 1. The Bertz CT molecular complexity index is 897. The van der Waals surface area contributed by atoms with Crippen LogP contribution in [0.25, 0.3) is 6.08 Å². The van der Waals surface area contributed by atoms with Crippen molar-refractivity contribution in [1.82, 2.24) is 30.1 Å². The lowest BCUT2D eigenvalue weighted by molar-refractivity contribution is 0.0593. The zero-order valence-electron chi connectivity index (χ0n) is 13.4. The molecule has 0 aromatic carbocycles. The Hall–Kier alpha value is -3.42. The number of H-pyrrole nitrogens is 1. The van der Waals surface area contributed by atoms with Crippen molar-refractivity contribution in [3.63, 3.8) is 0 Å². The summed E-state index contributed by atoms with van der Waals surface area (Å²) in [5.74, 6) is -0.473. The lowest BCUT2D eigenvalue weighted by Crippen LogP contribution is -2.32. The van der Waals surface area contributed by atoms with Gasteiger partial charge in [-0.05, 0) is 12.1 Å². The molecule has 1 aliphatic rings. The van der Waals surface area contributed by atoms with E-state index in [1.807, 2.05) is 24.3 Å². The zero-order valence-corrected chi connectivity index (χ0v) is 13.4. The van der Waals surface area contributed by atoms with Gasteiger partial charge in [0.1, 0.15) is 12.7 Å². The number of nitrogens with one attached hydrogen (secondary N) is 1. The molecule has 3 aromatic heterocycles. The summed E-state index contributed by atoms with van der Waals surface area (Å²) in [7, 11) is 1.34. The largest absolute Gasteiger partial charge is 0.464 e. The second kappa shape index (κ2) is 5.90. The minimum absolute atomic E-state index is 0.271. The number of carbonyl (C=O) groups excluding carboxylic acids is 1. The third-order valence-electron chi connectivity index (χ3n) is 4.33. The molecule has 0 fully saturated rings. The molecule has 0 amide bonds. The predicted octanol–water partition coefficient (Wildman–Crippen LogP) is 1.33. The number of allylic oxidation sites excluding steroid dienone is 1.